The average Bonchev–Trinajstić information content (AvgIpc) is 3.36. The molecule has 0 aliphatic carbocycles. The van der Waals surface area contributed by atoms with Crippen LogP contribution in [0.2, 0.25) is 0 Å². The number of thiophene rings is 1. The Bertz CT molecular complexity index is 1100. The van der Waals surface area contributed by atoms with E-state index in [0.717, 1.165) is 53.2 Å². The van der Waals surface area contributed by atoms with Crippen molar-refractivity contribution in [3.63, 3.8) is 0 Å². The molecular formula is C27H35N3OS. The minimum Gasteiger partial charge on any atom is -0.343 e. The van der Waals surface area contributed by atoms with E-state index in [1.165, 1.54) is 37.9 Å². The van der Waals surface area contributed by atoms with Gasteiger partial charge in [0.2, 0.25) is 5.78 Å². The Hall–Kier alpha value is -2.37. The number of aromatic nitrogens is 1. The fraction of sp³-hybridized carbons (Fsp3) is 0.444. The van der Waals surface area contributed by atoms with Gasteiger partial charge in [-0.25, -0.2) is 0 Å². The standard InChI is InChI=1S/C27H35N3OS/c1-5-14-30(27-20(2)13-19-32-27)22(4)26(31)25-21(3)29(24-12-8-7-11-23(24)25)18-17-28-15-9-6-10-16-28/h7-8,11-13,19H,4-6,9-10,14-18H2,1-3H3. The number of fused-ring (bicyclic) bond motifs is 1. The molecule has 0 radical (unpaired) electrons. The number of nitrogens with zero attached hydrogens (tertiary/aromatic N) is 3. The minimum atomic E-state index is 0.0386. The number of para-hydroxylation sites is 1. The fourth-order valence-electron chi connectivity index (χ4n) is 4.92. The van der Waals surface area contributed by atoms with Crippen LogP contribution >= 0.6 is 11.3 Å². The number of Topliss-reactive ketones (excluding diaryl/α,β-unsaturated/α-hetero) is 1. The van der Waals surface area contributed by atoms with Crippen molar-refractivity contribution in [2.24, 2.45) is 0 Å². The third-order valence-electron chi connectivity index (χ3n) is 6.66. The van der Waals surface area contributed by atoms with Crippen molar-refractivity contribution in [1.82, 2.24) is 9.47 Å². The molecule has 4 rings (SSSR count). The Kier molecular flexibility index (Phi) is 7.17. The molecule has 1 saturated heterocycles. The van der Waals surface area contributed by atoms with Crippen LogP contribution in [0.15, 0.2) is 48.0 Å². The molecule has 170 valence electrons. The van der Waals surface area contributed by atoms with Gasteiger partial charge in [-0.15, -0.1) is 11.3 Å². The molecule has 0 bridgehead atoms. The predicted octanol–water partition coefficient (Wildman–Crippen LogP) is 6.42. The van der Waals surface area contributed by atoms with Crippen LogP contribution in [-0.2, 0) is 6.54 Å². The van der Waals surface area contributed by atoms with E-state index in [2.05, 4.69) is 71.4 Å². The summed E-state index contributed by atoms with van der Waals surface area (Å²) in [6.07, 6.45) is 4.90. The first-order valence-corrected chi connectivity index (χ1v) is 12.8. The highest BCUT2D eigenvalue weighted by Crippen LogP contribution is 2.33. The van der Waals surface area contributed by atoms with Crippen LogP contribution < -0.4 is 4.90 Å². The van der Waals surface area contributed by atoms with Crippen LogP contribution in [0.4, 0.5) is 5.00 Å². The van der Waals surface area contributed by atoms with Gasteiger partial charge in [0.05, 0.1) is 16.3 Å². The molecule has 3 heterocycles. The van der Waals surface area contributed by atoms with Crippen molar-refractivity contribution in [3.8, 4) is 0 Å². The summed E-state index contributed by atoms with van der Waals surface area (Å²) in [6.45, 7) is 15.7. The van der Waals surface area contributed by atoms with Crippen molar-refractivity contribution in [3.05, 3.63) is 64.8 Å². The highest BCUT2D eigenvalue weighted by atomic mass is 32.1. The lowest BCUT2D eigenvalue weighted by molar-refractivity contribution is 0.103. The number of carbonyl (C=O) groups excluding carboxylic acids is 1. The van der Waals surface area contributed by atoms with E-state index >= 15 is 0 Å². The fourth-order valence-corrected chi connectivity index (χ4v) is 5.90. The summed E-state index contributed by atoms with van der Waals surface area (Å²) < 4.78 is 2.34. The van der Waals surface area contributed by atoms with Gasteiger partial charge in [-0.05, 0) is 69.3 Å². The second kappa shape index (κ2) is 10.1. The maximum atomic E-state index is 13.9. The van der Waals surface area contributed by atoms with Crippen LogP contribution in [0.3, 0.4) is 0 Å². The summed E-state index contributed by atoms with van der Waals surface area (Å²) in [4.78, 5) is 18.5. The Balaban J connectivity index is 1.67. The monoisotopic (exact) mass is 449 g/mol. The molecular weight excluding hydrogens is 414 g/mol. The quantitative estimate of drug-likeness (QED) is 0.279. The second-order valence-corrected chi connectivity index (χ2v) is 9.76. The molecule has 2 aromatic heterocycles. The van der Waals surface area contributed by atoms with Gasteiger partial charge in [0.25, 0.3) is 0 Å². The van der Waals surface area contributed by atoms with Crippen LogP contribution in [0.25, 0.3) is 10.9 Å². The SMILES string of the molecule is C=C(C(=O)c1c(C)n(CCN2CCCCC2)c2ccccc12)N(CCC)c1sccc1C. The number of carbonyl (C=O) groups is 1. The molecule has 0 unspecified atom stereocenters. The summed E-state index contributed by atoms with van der Waals surface area (Å²) in [7, 11) is 0. The molecule has 32 heavy (non-hydrogen) atoms. The summed E-state index contributed by atoms with van der Waals surface area (Å²) in [5.41, 5.74) is 4.76. The molecule has 0 atom stereocenters. The van der Waals surface area contributed by atoms with Gasteiger partial charge in [-0.1, -0.05) is 38.1 Å². The lowest BCUT2D eigenvalue weighted by atomic mass is 10.0. The number of hydrogen-bond acceptors (Lipinski definition) is 4. The van der Waals surface area contributed by atoms with Gasteiger partial charge < -0.3 is 14.4 Å². The summed E-state index contributed by atoms with van der Waals surface area (Å²) in [5, 5.41) is 4.24. The van der Waals surface area contributed by atoms with Gasteiger partial charge in [0.15, 0.2) is 0 Å². The lowest BCUT2D eigenvalue weighted by Gasteiger charge is -2.27. The van der Waals surface area contributed by atoms with E-state index in [-0.39, 0.29) is 5.78 Å². The molecule has 3 aromatic rings. The topological polar surface area (TPSA) is 28.5 Å². The van der Waals surface area contributed by atoms with Crippen molar-refractivity contribution >= 4 is 33.0 Å². The molecule has 1 aromatic carbocycles. The normalized spacial score (nSPS) is 14.7. The number of hydrogen-bond donors (Lipinski definition) is 0. The van der Waals surface area contributed by atoms with E-state index in [1.54, 1.807) is 11.3 Å². The van der Waals surface area contributed by atoms with Crippen molar-refractivity contribution in [2.75, 3.05) is 31.1 Å². The molecule has 1 fully saturated rings. The van der Waals surface area contributed by atoms with Gasteiger partial charge in [0, 0.05) is 36.2 Å². The maximum Gasteiger partial charge on any atom is 0.211 e. The summed E-state index contributed by atoms with van der Waals surface area (Å²) in [5.74, 6) is 0.0386. The lowest BCUT2D eigenvalue weighted by Crippen LogP contribution is -2.32. The number of piperidine rings is 1. The van der Waals surface area contributed by atoms with Crippen molar-refractivity contribution in [1.29, 1.82) is 0 Å². The van der Waals surface area contributed by atoms with E-state index in [9.17, 15) is 4.79 Å². The summed E-state index contributed by atoms with van der Waals surface area (Å²) in [6, 6.07) is 10.4. The molecule has 1 aliphatic heterocycles. The maximum absolute atomic E-state index is 13.9. The number of likely N-dealkylation sites (tertiary alicyclic amines) is 1. The Morgan fingerprint density at radius 3 is 2.53 bits per heavy atom. The molecule has 5 heteroatoms. The zero-order valence-electron chi connectivity index (χ0n) is 19.7. The number of rotatable bonds is 9. The molecule has 0 saturated carbocycles. The Morgan fingerprint density at radius 1 is 1.09 bits per heavy atom. The minimum absolute atomic E-state index is 0.0386. The first-order valence-electron chi connectivity index (χ1n) is 11.9. The van der Waals surface area contributed by atoms with Crippen LogP contribution in [0.5, 0.6) is 0 Å². The number of anilines is 1. The molecule has 0 N–H and O–H groups in total. The number of benzene rings is 1. The largest absolute Gasteiger partial charge is 0.343 e. The van der Waals surface area contributed by atoms with Gasteiger partial charge in [-0.3, -0.25) is 4.79 Å². The van der Waals surface area contributed by atoms with E-state index in [4.69, 9.17) is 0 Å². The van der Waals surface area contributed by atoms with Crippen LogP contribution in [-0.4, -0.2) is 41.4 Å². The highest BCUT2D eigenvalue weighted by Gasteiger charge is 2.26. The third kappa shape index (κ3) is 4.41. The molecule has 0 amide bonds. The number of aryl methyl sites for hydroxylation is 1. The zero-order chi connectivity index (χ0) is 22.7. The summed E-state index contributed by atoms with van der Waals surface area (Å²) >= 11 is 1.68. The first kappa shape index (κ1) is 22.8. The second-order valence-electron chi connectivity index (χ2n) is 8.87. The first-order chi connectivity index (χ1) is 15.5. The number of allylic oxidation sites excluding steroid dienone is 1. The van der Waals surface area contributed by atoms with Gasteiger partial charge in [-0.2, -0.15) is 0 Å². The van der Waals surface area contributed by atoms with Crippen molar-refractivity contribution in [2.45, 2.75) is 53.0 Å². The van der Waals surface area contributed by atoms with E-state index < -0.39 is 0 Å². The number of ketones is 1. The van der Waals surface area contributed by atoms with E-state index in [0.29, 0.717) is 5.70 Å². The van der Waals surface area contributed by atoms with Gasteiger partial charge in [0.1, 0.15) is 0 Å². The predicted molar refractivity (Wildman–Crippen MR) is 137 cm³/mol. The van der Waals surface area contributed by atoms with Crippen LogP contribution in [0, 0.1) is 13.8 Å². The average molecular weight is 450 g/mol. The molecule has 1 aliphatic rings. The third-order valence-corrected chi connectivity index (χ3v) is 7.70. The van der Waals surface area contributed by atoms with Gasteiger partial charge >= 0.3 is 0 Å². The zero-order valence-corrected chi connectivity index (χ0v) is 20.5. The Labute approximate surface area is 196 Å². The highest BCUT2D eigenvalue weighted by molar-refractivity contribution is 7.14. The molecule has 4 nitrogen and oxygen atoms in total. The van der Waals surface area contributed by atoms with Crippen LogP contribution in [0.1, 0.15) is 54.2 Å². The molecule has 0 spiro atoms. The van der Waals surface area contributed by atoms with Crippen molar-refractivity contribution < 1.29 is 4.79 Å². The smallest absolute Gasteiger partial charge is 0.211 e. The Morgan fingerprint density at radius 2 is 1.84 bits per heavy atom. The van der Waals surface area contributed by atoms with E-state index in [1.807, 2.05) is 6.07 Å².